The highest BCUT2D eigenvalue weighted by atomic mass is 127. The first kappa shape index (κ1) is 22.7. The second-order valence-corrected chi connectivity index (χ2v) is 6.37. The Bertz CT molecular complexity index is 680. The van der Waals surface area contributed by atoms with Crippen molar-refractivity contribution in [2.45, 2.75) is 46.6 Å². The number of nitrogens with zero attached hydrogens (tertiary/aromatic N) is 3. The van der Waals surface area contributed by atoms with E-state index in [0.29, 0.717) is 12.5 Å². The van der Waals surface area contributed by atoms with Crippen molar-refractivity contribution >= 4 is 35.6 Å². The third kappa shape index (κ3) is 6.75. The monoisotopic (exact) mass is 473 g/mol. The van der Waals surface area contributed by atoms with Gasteiger partial charge in [-0.15, -0.1) is 24.0 Å². The van der Waals surface area contributed by atoms with Gasteiger partial charge in [0.05, 0.1) is 12.2 Å². The highest BCUT2D eigenvalue weighted by Gasteiger charge is 2.09. The van der Waals surface area contributed by atoms with Crippen molar-refractivity contribution in [2.75, 3.05) is 19.7 Å². The Kier molecular flexibility index (Phi) is 10.6. The van der Waals surface area contributed by atoms with E-state index in [9.17, 15) is 5.11 Å². The molecular weight excluding hydrogens is 441 g/mol. The third-order valence-electron chi connectivity index (χ3n) is 4.28. The average molecular weight is 473 g/mol. The van der Waals surface area contributed by atoms with Crippen LogP contribution in [0.25, 0.3) is 5.65 Å². The van der Waals surface area contributed by atoms with Crippen molar-refractivity contribution in [3.05, 3.63) is 35.8 Å². The molecule has 0 aromatic carbocycles. The van der Waals surface area contributed by atoms with Crippen LogP contribution in [0.4, 0.5) is 0 Å². The van der Waals surface area contributed by atoms with E-state index in [4.69, 9.17) is 0 Å². The van der Waals surface area contributed by atoms with Crippen LogP contribution in [0.3, 0.4) is 0 Å². The van der Waals surface area contributed by atoms with Gasteiger partial charge in [0.2, 0.25) is 0 Å². The van der Waals surface area contributed by atoms with Crippen LogP contribution in [-0.4, -0.2) is 40.1 Å². The van der Waals surface area contributed by atoms with Crippen LogP contribution in [0.15, 0.2) is 29.4 Å². The number of nitrogens with one attached hydrogen (secondary N) is 2. The summed E-state index contributed by atoms with van der Waals surface area (Å²) in [7, 11) is 0. The van der Waals surface area contributed by atoms with E-state index in [1.54, 1.807) is 0 Å². The SMILES string of the molecule is CCCC(CCO)CNC(=NCc1cn2c(C)cccc2n1)NCC.I. The van der Waals surface area contributed by atoms with Gasteiger partial charge in [-0.2, -0.15) is 0 Å². The van der Waals surface area contributed by atoms with Crippen LogP contribution in [0, 0.1) is 12.8 Å². The fraction of sp³-hybridized carbons (Fsp3) is 0.579. The highest BCUT2D eigenvalue weighted by molar-refractivity contribution is 14.0. The third-order valence-corrected chi connectivity index (χ3v) is 4.28. The van der Waals surface area contributed by atoms with Crippen LogP contribution in [0.5, 0.6) is 0 Å². The molecule has 3 N–H and O–H groups in total. The Morgan fingerprint density at radius 2 is 2.08 bits per heavy atom. The second-order valence-electron chi connectivity index (χ2n) is 6.37. The quantitative estimate of drug-likeness (QED) is 0.297. The number of pyridine rings is 1. The molecule has 2 aromatic heterocycles. The molecule has 0 fully saturated rings. The summed E-state index contributed by atoms with van der Waals surface area (Å²) < 4.78 is 2.09. The minimum absolute atomic E-state index is 0. The minimum atomic E-state index is 0. The lowest BCUT2D eigenvalue weighted by atomic mass is 10.0. The normalized spacial score (nSPS) is 12.7. The number of aliphatic hydroxyl groups is 1. The van der Waals surface area contributed by atoms with Crippen molar-refractivity contribution in [3.8, 4) is 0 Å². The molecule has 0 amide bonds. The number of aliphatic imine (C=N–C) groups is 1. The molecule has 0 radical (unpaired) electrons. The predicted molar refractivity (Wildman–Crippen MR) is 118 cm³/mol. The van der Waals surface area contributed by atoms with Gasteiger partial charge in [0, 0.05) is 31.6 Å². The lowest BCUT2D eigenvalue weighted by Gasteiger charge is -2.18. The highest BCUT2D eigenvalue weighted by Crippen LogP contribution is 2.10. The molecule has 0 spiro atoms. The molecule has 0 aliphatic heterocycles. The summed E-state index contributed by atoms with van der Waals surface area (Å²) in [5, 5.41) is 15.9. The summed E-state index contributed by atoms with van der Waals surface area (Å²) in [4.78, 5) is 9.28. The largest absolute Gasteiger partial charge is 0.396 e. The number of hydrogen-bond acceptors (Lipinski definition) is 3. The number of aryl methyl sites for hydroxylation is 1. The first-order chi connectivity index (χ1) is 12.2. The zero-order chi connectivity index (χ0) is 18.1. The van der Waals surface area contributed by atoms with Crippen LogP contribution < -0.4 is 10.6 Å². The van der Waals surface area contributed by atoms with Crippen molar-refractivity contribution in [3.63, 3.8) is 0 Å². The molecule has 7 heteroatoms. The summed E-state index contributed by atoms with van der Waals surface area (Å²) >= 11 is 0. The molecule has 146 valence electrons. The van der Waals surface area contributed by atoms with Crippen molar-refractivity contribution in [2.24, 2.45) is 10.9 Å². The van der Waals surface area contributed by atoms with E-state index in [0.717, 1.165) is 55.3 Å². The number of halogens is 1. The smallest absolute Gasteiger partial charge is 0.191 e. The Labute approximate surface area is 173 Å². The molecule has 0 saturated carbocycles. The van der Waals surface area contributed by atoms with E-state index >= 15 is 0 Å². The van der Waals surface area contributed by atoms with Crippen LogP contribution in [-0.2, 0) is 6.54 Å². The van der Waals surface area contributed by atoms with E-state index in [1.165, 1.54) is 0 Å². The molecule has 2 aromatic rings. The molecule has 26 heavy (non-hydrogen) atoms. The van der Waals surface area contributed by atoms with E-state index in [1.807, 2.05) is 18.3 Å². The zero-order valence-corrected chi connectivity index (χ0v) is 18.4. The van der Waals surface area contributed by atoms with Crippen molar-refractivity contribution in [1.29, 1.82) is 0 Å². The molecule has 1 atom stereocenters. The van der Waals surface area contributed by atoms with Gasteiger partial charge in [-0.1, -0.05) is 19.4 Å². The molecule has 2 rings (SSSR count). The first-order valence-electron chi connectivity index (χ1n) is 9.24. The summed E-state index contributed by atoms with van der Waals surface area (Å²) in [6.45, 7) is 8.72. The molecular formula is C19H32IN5O. The van der Waals surface area contributed by atoms with Gasteiger partial charge in [0.15, 0.2) is 5.96 Å². The van der Waals surface area contributed by atoms with Gasteiger partial charge in [-0.25, -0.2) is 9.98 Å². The van der Waals surface area contributed by atoms with Crippen LogP contribution in [0.2, 0.25) is 0 Å². The van der Waals surface area contributed by atoms with Gasteiger partial charge in [-0.05, 0) is 44.7 Å². The average Bonchev–Trinajstić information content (AvgIpc) is 3.02. The minimum Gasteiger partial charge on any atom is -0.396 e. The number of fused-ring (bicyclic) bond motifs is 1. The predicted octanol–water partition coefficient (Wildman–Crippen LogP) is 3.11. The number of imidazole rings is 1. The molecule has 1 unspecified atom stereocenters. The first-order valence-corrected chi connectivity index (χ1v) is 9.24. The van der Waals surface area contributed by atoms with E-state index < -0.39 is 0 Å². The molecule has 0 aliphatic carbocycles. The second kappa shape index (κ2) is 12.1. The van der Waals surface area contributed by atoms with Crippen molar-refractivity contribution in [1.82, 2.24) is 20.0 Å². The number of aliphatic hydroxyl groups excluding tert-OH is 1. The molecule has 2 heterocycles. The summed E-state index contributed by atoms with van der Waals surface area (Å²) in [5.41, 5.74) is 3.07. The maximum atomic E-state index is 9.19. The fourth-order valence-electron chi connectivity index (χ4n) is 2.96. The molecule has 0 aliphatic rings. The lowest BCUT2D eigenvalue weighted by Crippen LogP contribution is -2.40. The number of guanidine groups is 1. The van der Waals surface area contributed by atoms with Crippen LogP contribution >= 0.6 is 24.0 Å². The van der Waals surface area contributed by atoms with Gasteiger partial charge in [0.25, 0.3) is 0 Å². The molecule has 0 bridgehead atoms. The maximum absolute atomic E-state index is 9.19. The van der Waals surface area contributed by atoms with E-state index in [-0.39, 0.29) is 30.6 Å². The van der Waals surface area contributed by atoms with Gasteiger partial charge in [0.1, 0.15) is 5.65 Å². The number of hydrogen-bond donors (Lipinski definition) is 3. The van der Waals surface area contributed by atoms with Crippen molar-refractivity contribution < 1.29 is 5.11 Å². The Morgan fingerprint density at radius 1 is 1.27 bits per heavy atom. The van der Waals surface area contributed by atoms with Crippen LogP contribution in [0.1, 0.15) is 44.5 Å². The maximum Gasteiger partial charge on any atom is 0.191 e. The van der Waals surface area contributed by atoms with E-state index in [2.05, 4.69) is 51.8 Å². The standard InChI is InChI=1S/C19H31N5O.HI/c1-4-7-16(10-11-25)12-21-19(20-5-2)22-13-17-14-24-15(3)8-6-9-18(24)23-17;/h6,8-9,14,16,25H,4-5,7,10-13H2,1-3H3,(H2,20,21,22);1H. The number of aromatic nitrogens is 2. The van der Waals surface area contributed by atoms with Gasteiger partial charge >= 0.3 is 0 Å². The topological polar surface area (TPSA) is 74.0 Å². The zero-order valence-electron chi connectivity index (χ0n) is 16.0. The summed E-state index contributed by atoms with van der Waals surface area (Å²) in [5.74, 6) is 1.27. The summed E-state index contributed by atoms with van der Waals surface area (Å²) in [6.07, 6.45) is 5.11. The van der Waals surface area contributed by atoms with Gasteiger partial charge < -0.3 is 20.1 Å². The summed E-state index contributed by atoms with van der Waals surface area (Å²) in [6, 6.07) is 6.10. The van der Waals surface area contributed by atoms with Gasteiger partial charge in [-0.3, -0.25) is 0 Å². The molecule has 6 nitrogen and oxygen atoms in total. The lowest BCUT2D eigenvalue weighted by molar-refractivity contribution is 0.251. The molecule has 0 saturated heterocycles. The fourth-order valence-corrected chi connectivity index (χ4v) is 2.96. The Morgan fingerprint density at radius 3 is 2.73 bits per heavy atom. The Balaban J connectivity index is 0.00000338. The number of rotatable bonds is 9. The Hall–Kier alpha value is -1.35.